The fourth-order valence-corrected chi connectivity index (χ4v) is 5.58. The van der Waals surface area contributed by atoms with Gasteiger partial charge in [0.25, 0.3) is 5.91 Å². The molecule has 2 aliphatic carbocycles. The van der Waals surface area contributed by atoms with Crippen LogP contribution in [0.1, 0.15) is 66.9 Å². The summed E-state index contributed by atoms with van der Waals surface area (Å²) in [6.07, 6.45) is 5.90. The summed E-state index contributed by atoms with van der Waals surface area (Å²) in [6.45, 7) is 2.97. The third-order valence-corrected chi connectivity index (χ3v) is 6.98. The zero-order valence-corrected chi connectivity index (χ0v) is 18.1. The van der Waals surface area contributed by atoms with Crippen molar-refractivity contribution in [3.05, 3.63) is 65.2 Å². The van der Waals surface area contributed by atoms with Crippen LogP contribution in [0, 0.1) is 11.8 Å². The van der Waals surface area contributed by atoms with Gasteiger partial charge in [0.15, 0.2) is 0 Å². The third-order valence-electron chi connectivity index (χ3n) is 6.98. The van der Waals surface area contributed by atoms with E-state index in [-0.39, 0.29) is 24.3 Å². The van der Waals surface area contributed by atoms with Crippen molar-refractivity contribution in [2.45, 2.75) is 50.9 Å². The standard InChI is InChI=1S/C26H31NO4/c1-2-15-31-23-11-9-21(10-12-23)26(17-18-3-6-22(26)16-18)20-7-4-19(5-8-20)25(30)27-14-13-24(28)29/h4-5,7-12,18,22H,2-3,6,13-17H2,1H3,(H,27,30)(H,28,29). The van der Waals surface area contributed by atoms with Gasteiger partial charge in [-0.05, 0) is 72.9 Å². The first kappa shape index (κ1) is 21.4. The second-order valence-corrected chi connectivity index (χ2v) is 8.90. The number of aliphatic carboxylic acids is 1. The van der Waals surface area contributed by atoms with Crippen molar-refractivity contribution in [2.24, 2.45) is 11.8 Å². The number of carboxylic acid groups (broad SMARTS) is 1. The minimum Gasteiger partial charge on any atom is -0.494 e. The maximum absolute atomic E-state index is 12.3. The van der Waals surface area contributed by atoms with Crippen molar-refractivity contribution >= 4 is 11.9 Å². The molecule has 0 saturated heterocycles. The number of carbonyl (C=O) groups excluding carboxylic acids is 1. The Kier molecular flexibility index (Phi) is 6.30. The normalized spacial score (nSPS) is 24.2. The van der Waals surface area contributed by atoms with Crippen LogP contribution in [0.15, 0.2) is 48.5 Å². The number of carbonyl (C=O) groups is 2. The van der Waals surface area contributed by atoms with E-state index < -0.39 is 5.97 Å². The Hall–Kier alpha value is -2.82. The number of hydrogen-bond acceptors (Lipinski definition) is 3. The average Bonchev–Trinajstić information content (AvgIpc) is 3.40. The number of carboxylic acids is 1. The first-order valence-electron chi connectivity index (χ1n) is 11.4. The zero-order chi connectivity index (χ0) is 21.8. The van der Waals surface area contributed by atoms with E-state index in [1.165, 1.54) is 30.4 Å². The molecule has 2 aromatic rings. The average molecular weight is 422 g/mol. The maximum Gasteiger partial charge on any atom is 0.305 e. The Labute approximate surface area is 183 Å². The highest BCUT2D eigenvalue weighted by atomic mass is 16.5. The molecule has 4 rings (SSSR count). The molecule has 2 bridgehead atoms. The lowest BCUT2D eigenvalue weighted by Gasteiger charge is -2.39. The number of nitrogens with one attached hydrogen (secondary N) is 1. The van der Waals surface area contributed by atoms with Gasteiger partial charge >= 0.3 is 5.97 Å². The van der Waals surface area contributed by atoms with Crippen molar-refractivity contribution in [2.75, 3.05) is 13.2 Å². The van der Waals surface area contributed by atoms with Gasteiger partial charge in [0, 0.05) is 17.5 Å². The van der Waals surface area contributed by atoms with E-state index in [4.69, 9.17) is 9.84 Å². The van der Waals surface area contributed by atoms with Crippen molar-refractivity contribution in [3.8, 4) is 5.75 Å². The Morgan fingerprint density at radius 3 is 2.29 bits per heavy atom. The number of benzene rings is 2. The molecule has 2 aliphatic rings. The summed E-state index contributed by atoms with van der Waals surface area (Å²) in [4.78, 5) is 23.0. The summed E-state index contributed by atoms with van der Waals surface area (Å²) < 4.78 is 5.78. The second kappa shape index (κ2) is 9.13. The van der Waals surface area contributed by atoms with Crippen molar-refractivity contribution < 1.29 is 19.4 Å². The molecule has 164 valence electrons. The first-order chi connectivity index (χ1) is 15.0. The van der Waals surface area contributed by atoms with E-state index in [0.717, 1.165) is 31.1 Å². The molecule has 3 atom stereocenters. The quantitative estimate of drug-likeness (QED) is 0.611. The SMILES string of the molecule is CCCOc1ccc(C2(c3ccc(C(=O)NCCC(=O)O)cc3)CC3CCC2C3)cc1. The summed E-state index contributed by atoms with van der Waals surface area (Å²) in [5.41, 5.74) is 3.16. The summed E-state index contributed by atoms with van der Waals surface area (Å²) in [7, 11) is 0. The lowest BCUT2D eigenvalue weighted by atomic mass is 9.64. The smallest absolute Gasteiger partial charge is 0.305 e. The third kappa shape index (κ3) is 4.32. The van der Waals surface area contributed by atoms with Gasteiger partial charge in [-0.25, -0.2) is 0 Å². The molecule has 2 saturated carbocycles. The Morgan fingerprint density at radius 1 is 1.06 bits per heavy atom. The van der Waals surface area contributed by atoms with Crippen LogP contribution in [0.3, 0.4) is 0 Å². The Balaban J connectivity index is 1.57. The van der Waals surface area contributed by atoms with Gasteiger partial charge in [-0.2, -0.15) is 0 Å². The molecule has 1 amide bonds. The summed E-state index contributed by atoms with van der Waals surface area (Å²) in [6, 6.07) is 16.5. The van der Waals surface area contributed by atoms with Crippen LogP contribution in [-0.2, 0) is 10.2 Å². The molecule has 2 fully saturated rings. The fourth-order valence-electron chi connectivity index (χ4n) is 5.58. The van der Waals surface area contributed by atoms with Gasteiger partial charge in [0.05, 0.1) is 13.0 Å². The monoisotopic (exact) mass is 421 g/mol. The number of fused-ring (bicyclic) bond motifs is 2. The highest BCUT2D eigenvalue weighted by Gasteiger charge is 2.52. The van der Waals surface area contributed by atoms with Gasteiger partial charge in [-0.15, -0.1) is 0 Å². The van der Waals surface area contributed by atoms with E-state index in [9.17, 15) is 9.59 Å². The molecular formula is C26H31NO4. The van der Waals surface area contributed by atoms with Gasteiger partial charge in [-0.3, -0.25) is 9.59 Å². The lowest BCUT2D eigenvalue weighted by Crippen LogP contribution is -2.34. The van der Waals surface area contributed by atoms with Gasteiger partial charge in [0.1, 0.15) is 5.75 Å². The van der Waals surface area contributed by atoms with Crippen molar-refractivity contribution in [1.29, 1.82) is 0 Å². The van der Waals surface area contributed by atoms with Gasteiger partial charge in [-0.1, -0.05) is 37.6 Å². The van der Waals surface area contributed by atoms with E-state index in [1.807, 2.05) is 12.1 Å². The molecular weight excluding hydrogens is 390 g/mol. The van der Waals surface area contributed by atoms with E-state index >= 15 is 0 Å². The molecule has 5 heteroatoms. The molecule has 2 aromatic carbocycles. The minimum absolute atomic E-state index is 0.00941. The lowest BCUT2D eigenvalue weighted by molar-refractivity contribution is -0.136. The first-order valence-corrected chi connectivity index (χ1v) is 11.4. The highest BCUT2D eigenvalue weighted by Crippen LogP contribution is 2.60. The van der Waals surface area contributed by atoms with Crippen LogP contribution in [0.4, 0.5) is 0 Å². The van der Waals surface area contributed by atoms with Crippen molar-refractivity contribution in [3.63, 3.8) is 0 Å². The predicted octanol–water partition coefficient (Wildman–Crippen LogP) is 4.79. The predicted molar refractivity (Wildman–Crippen MR) is 119 cm³/mol. The number of rotatable bonds is 9. The highest BCUT2D eigenvalue weighted by molar-refractivity contribution is 5.94. The van der Waals surface area contributed by atoms with Gasteiger partial charge < -0.3 is 15.2 Å². The molecule has 3 unspecified atom stereocenters. The molecule has 0 heterocycles. The zero-order valence-electron chi connectivity index (χ0n) is 18.1. The van der Waals surface area contributed by atoms with Crippen molar-refractivity contribution in [1.82, 2.24) is 5.32 Å². The topological polar surface area (TPSA) is 75.6 Å². The summed E-state index contributed by atoms with van der Waals surface area (Å²) in [5, 5.41) is 11.4. The number of amides is 1. The largest absolute Gasteiger partial charge is 0.494 e. The molecule has 5 nitrogen and oxygen atoms in total. The molecule has 0 aliphatic heterocycles. The molecule has 0 spiro atoms. The molecule has 0 aromatic heterocycles. The molecule has 31 heavy (non-hydrogen) atoms. The van der Waals surface area contributed by atoms with Crippen LogP contribution in [-0.4, -0.2) is 30.1 Å². The maximum atomic E-state index is 12.3. The molecule has 2 N–H and O–H groups in total. The minimum atomic E-state index is -0.917. The number of hydrogen-bond donors (Lipinski definition) is 2. The second-order valence-electron chi connectivity index (χ2n) is 8.90. The molecule has 0 radical (unpaired) electrons. The summed E-state index contributed by atoms with van der Waals surface area (Å²) in [5.74, 6) is 1.15. The van der Waals surface area contributed by atoms with Crippen LogP contribution in [0.5, 0.6) is 5.75 Å². The number of ether oxygens (including phenoxy) is 1. The van der Waals surface area contributed by atoms with Crippen LogP contribution < -0.4 is 10.1 Å². The van der Waals surface area contributed by atoms with E-state index in [1.54, 1.807) is 0 Å². The van der Waals surface area contributed by atoms with E-state index in [0.29, 0.717) is 11.5 Å². The Bertz CT molecular complexity index is 921. The Morgan fingerprint density at radius 2 is 1.74 bits per heavy atom. The van der Waals surface area contributed by atoms with E-state index in [2.05, 4.69) is 48.6 Å². The van der Waals surface area contributed by atoms with Crippen LogP contribution >= 0.6 is 0 Å². The van der Waals surface area contributed by atoms with Crippen LogP contribution in [0.2, 0.25) is 0 Å². The fraction of sp³-hybridized carbons (Fsp3) is 0.462. The summed E-state index contributed by atoms with van der Waals surface area (Å²) >= 11 is 0. The van der Waals surface area contributed by atoms with Gasteiger partial charge in [0.2, 0.25) is 0 Å². The van der Waals surface area contributed by atoms with Crippen LogP contribution in [0.25, 0.3) is 0 Å².